The number of nitrogens with zero attached hydrogens (tertiary/aromatic N) is 2. The average Bonchev–Trinajstić information content (AvgIpc) is 2.77. The molecular formula is C24H33N3O5S. The molecule has 2 aromatic rings. The van der Waals surface area contributed by atoms with Crippen molar-refractivity contribution < 1.29 is 22.7 Å². The van der Waals surface area contributed by atoms with Crippen LogP contribution in [0.4, 0.5) is 5.69 Å². The van der Waals surface area contributed by atoms with Gasteiger partial charge in [-0.2, -0.15) is 0 Å². The molecule has 180 valence electrons. The molecule has 1 N–H and O–H groups in total. The summed E-state index contributed by atoms with van der Waals surface area (Å²) >= 11 is 0. The zero-order valence-electron chi connectivity index (χ0n) is 19.9. The first-order chi connectivity index (χ1) is 15.6. The largest absolute Gasteiger partial charge is 0.497 e. The first-order valence-electron chi connectivity index (χ1n) is 10.8. The number of rotatable bonds is 11. The maximum Gasteiger partial charge on any atom is 0.244 e. The summed E-state index contributed by atoms with van der Waals surface area (Å²) in [5, 5.41) is 2.77. The molecule has 0 aromatic heterocycles. The van der Waals surface area contributed by atoms with Gasteiger partial charge < -0.3 is 15.0 Å². The van der Waals surface area contributed by atoms with E-state index in [1.54, 1.807) is 37.4 Å². The number of benzene rings is 2. The molecule has 0 heterocycles. The maximum atomic E-state index is 13.5. The summed E-state index contributed by atoms with van der Waals surface area (Å²) in [6.07, 6.45) is 1.45. The van der Waals surface area contributed by atoms with Gasteiger partial charge in [-0.25, -0.2) is 8.42 Å². The van der Waals surface area contributed by atoms with Gasteiger partial charge in [-0.15, -0.1) is 0 Å². The molecule has 0 fully saturated rings. The Labute approximate surface area is 196 Å². The monoisotopic (exact) mass is 475 g/mol. The lowest BCUT2D eigenvalue weighted by molar-refractivity contribution is -0.140. The Morgan fingerprint density at radius 3 is 2.27 bits per heavy atom. The van der Waals surface area contributed by atoms with E-state index in [1.807, 2.05) is 39.0 Å². The number of hydrogen-bond donors (Lipinski definition) is 1. The molecular weight excluding hydrogens is 442 g/mol. The van der Waals surface area contributed by atoms with Crippen LogP contribution >= 0.6 is 0 Å². The number of carbonyl (C=O) groups excluding carboxylic acids is 2. The Kier molecular flexibility index (Phi) is 9.28. The number of likely N-dealkylation sites (N-methyl/N-ethyl adjacent to an activating group) is 1. The van der Waals surface area contributed by atoms with Crippen molar-refractivity contribution in [1.82, 2.24) is 10.2 Å². The van der Waals surface area contributed by atoms with Gasteiger partial charge in [0.1, 0.15) is 18.3 Å². The van der Waals surface area contributed by atoms with Crippen molar-refractivity contribution in [3.8, 4) is 5.75 Å². The van der Waals surface area contributed by atoms with Crippen LogP contribution in [0.25, 0.3) is 0 Å². The Balaban J connectivity index is 2.42. The van der Waals surface area contributed by atoms with E-state index in [2.05, 4.69) is 5.32 Å². The van der Waals surface area contributed by atoms with Crippen LogP contribution in [0.15, 0.2) is 48.5 Å². The number of carbonyl (C=O) groups is 2. The van der Waals surface area contributed by atoms with E-state index >= 15 is 0 Å². The molecule has 0 bridgehead atoms. The first kappa shape index (κ1) is 26.2. The Bertz CT molecular complexity index is 1050. The summed E-state index contributed by atoms with van der Waals surface area (Å²) in [5.41, 5.74) is 2.08. The zero-order chi connectivity index (χ0) is 24.6. The van der Waals surface area contributed by atoms with Crippen LogP contribution in [0.2, 0.25) is 0 Å². The third-order valence-electron chi connectivity index (χ3n) is 5.22. The molecule has 0 aliphatic heterocycles. The molecule has 0 saturated carbocycles. The molecule has 2 aromatic carbocycles. The van der Waals surface area contributed by atoms with Gasteiger partial charge in [0.2, 0.25) is 21.8 Å². The number of methoxy groups -OCH3 is 1. The molecule has 1 atom stereocenters. The maximum absolute atomic E-state index is 13.5. The van der Waals surface area contributed by atoms with E-state index in [1.165, 1.54) is 4.90 Å². The fourth-order valence-corrected chi connectivity index (χ4v) is 4.38. The van der Waals surface area contributed by atoms with Crippen molar-refractivity contribution in [3.05, 3.63) is 59.7 Å². The Morgan fingerprint density at radius 1 is 1.09 bits per heavy atom. The highest BCUT2D eigenvalue weighted by atomic mass is 32.2. The SMILES string of the molecule is CCNC(=O)[C@@H](CC)N(Cc1ccc(OC)cc1)C(=O)CN(c1cccc(C)c1)S(C)(=O)=O. The highest BCUT2D eigenvalue weighted by molar-refractivity contribution is 7.92. The zero-order valence-corrected chi connectivity index (χ0v) is 20.7. The Morgan fingerprint density at radius 2 is 1.76 bits per heavy atom. The van der Waals surface area contributed by atoms with Gasteiger partial charge in [-0.05, 0) is 55.7 Å². The summed E-state index contributed by atoms with van der Waals surface area (Å²) in [4.78, 5) is 27.7. The second-order valence-corrected chi connectivity index (χ2v) is 9.70. The molecule has 8 nitrogen and oxygen atoms in total. The van der Waals surface area contributed by atoms with Crippen LogP contribution < -0.4 is 14.4 Å². The van der Waals surface area contributed by atoms with E-state index in [0.29, 0.717) is 24.4 Å². The van der Waals surface area contributed by atoms with Gasteiger partial charge in [0.15, 0.2) is 0 Å². The van der Waals surface area contributed by atoms with Crippen LogP contribution in [0.3, 0.4) is 0 Å². The second kappa shape index (κ2) is 11.7. The van der Waals surface area contributed by atoms with E-state index in [0.717, 1.165) is 21.7 Å². The third-order valence-corrected chi connectivity index (χ3v) is 6.36. The normalized spacial score (nSPS) is 12.0. The lowest BCUT2D eigenvalue weighted by Gasteiger charge is -2.32. The summed E-state index contributed by atoms with van der Waals surface area (Å²) < 4.78 is 31.4. The summed E-state index contributed by atoms with van der Waals surface area (Å²) in [6.45, 7) is 5.66. The standard InChI is InChI=1S/C24H33N3O5S/c1-6-22(24(29)25-7-2)26(16-19-11-13-21(32-4)14-12-19)23(28)17-27(33(5,30)31)20-10-8-9-18(3)15-20/h8-15,22H,6-7,16-17H2,1-5H3,(H,25,29)/t22-/m1/s1. The predicted molar refractivity (Wildman–Crippen MR) is 130 cm³/mol. The van der Waals surface area contributed by atoms with Crippen LogP contribution in [-0.2, 0) is 26.2 Å². The van der Waals surface area contributed by atoms with Crippen molar-refractivity contribution in [1.29, 1.82) is 0 Å². The van der Waals surface area contributed by atoms with Gasteiger partial charge in [0, 0.05) is 13.1 Å². The summed E-state index contributed by atoms with van der Waals surface area (Å²) in [5.74, 6) is -0.0609. The predicted octanol–water partition coefficient (Wildman–Crippen LogP) is 2.71. The van der Waals surface area contributed by atoms with Gasteiger partial charge in [0.25, 0.3) is 0 Å². The van der Waals surface area contributed by atoms with Gasteiger partial charge in [-0.3, -0.25) is 13.9 Å². The van der Waals surface area contributed by atoms with E-state index < -0.39 is 28.5 Å². The molecule has 33 heavy (non-hydrogen) atoms. The van der Waals surface area contributed by atoms with E-state index in [-0.39, 0.29) is 12.5 Å². The third kappa shape index (κ3) is 7.21. The number of nitrogens with one attached hydrogen (secondary N) is 1. The van der Waals surface area contributed by atoms with Crippen LogP contribution in [0, 0.1) is 6.92 Å². The van der Waals surface area contributed by atoms with Crippen molar-refractivity contribution in [3.63, 3.8) is 0 Å². The molecule has 0 saturated heterocycles. The fraction of sp³-hybridized carbons (Fsp3) is 0.417. The van der Waals surface area contributed by atoms with E-state index in [9.17, 15) is 18.0 Å². The van der Waals surface area contributed by atoms with Gasteiger partial charge in [0.05, 0.1) is 19.1 Å². The lowest BCUT2D eigenvalue weighted by atomic mass is 10.1. The van der Waals surface area contributed by atoms with Gasteiger partial charge in [-0.1, -0.05) is 31.2 Å². The number of aryl methyl sites for hydroxylation is 1. The highest BCUT2D eigenvalue weighted by Crippen LogP contribution is 2.21. The molecule has 0 radical (unpaired) electrons. The minimum Gasteiger partial charge on any atom is -0.497 e. The second-order valence-electron chi connectivity index (χ2n) is 7.80. The number of anilines is 1. The minimum absolute atomic E-state index is 0.157. The minimum atomic E-state index is -3.74. The van der Waals surface area contributed by atoms with Crippen LogP contribution in [-0.4, -0.2) is 57.6 Å². The van der Waals surface area contributed by atoms with Crippen molar-refractivity contribution >= 4 is 27.5 Å². The molecule has 0 unspecified atom stereocenters. The lowest BCUT2D eigenvalue weighted by Crippen LogP contribution is -2.52. The number of ether oxygens (including phenoxy) is 1. The molecule has 0 aliphatic carbocycles. The molecule has 2 rings (SSSR count). The number of hydrogen-bond acceptors (Lipinski definition) is 5. The Hall–Kier alpha value is -3.07. The quantitative estimate of drug-likeness (QED) is 0.539. The molecule has 2 amide bonds. The van der Waals surface area contributed by atoms with E-state index in [4.69, 9.17) is 4.74 Å². The van der Waals surface area contributed by atoms with Crippen LogP contribution in [0.5, 0.6) is 5.75 Å². The number of sulfonamides is 1. The molecule has 0 spiro atoms. The molecule has 0 aliphatic rings. The highest BCUT2D eigenvalue weighted by Gasteiger charge is 2.31. The van der Waals surface area contributed by atoms with Crippen molar-refractivity contribution in [2.24, 2.45) is 0 Å². The number of amides is 2. The fourth-order valence-electron chi connectivity index (χ4n) is 3.54. The first-order valence-corrected chi connectivity index (χ1v) is 12.7. The topological polar surface area (TPSA) is 96.0 Å². The average molecular weight is 476 g/mol. The van der Waals surface area contributed by atoms with Crippen molar-refractivity contribution in [2.45, 2.75) is 39.8 Å². The summed E-state index contributed by atoms with van der Waals surface area (Å²) in [6, 6.07) is 13.4. The summed E-state index contributed by atoms with van der Waals surface area (Å²) in [7, 11) is -2.17. The van der Waals surface area contributed by atoms with Crippen LogP contribution in [0.1, 0.15) is 31.4 Å². The smallest absolute Gasteiger partial charge is 0.244 e. The molecule has 9 heteroatoms. The van der Waals surface area contributed by atoms with Crippen molar-refractivity contribution in [2.75, 3.05) is 30.8 Å². The van der Waals surface area contributed by atoms with Gasteiger partial charge >= 0.3 is 0 Å².